The molecule has 0 unspecified atom stereocenters. The van der Waals surface area contributed by atoms with Crippen LogP contribution in [0.15, 0.2) is 66.7 Å². The van der Waals surface area contributed by atoms with Crippen molar-refractivity contribution in [3.05, 3.63) is 94.8 Å². The second kappa shape index (κ2) is 9.74. The van der Waals surface area contributed by atoms with E-state index in [9.17, 15) is 24.2 Å². The quantitative estimate of drug-likeness (QED) is 0.473. The minimum absolute atomic E-state index is 0.0270. The summed E-state index contributed by atoms with van der Waals surface area (Å²) in [7, 11) is 0. The number of halogens is 1. The lowest BCUT2D eigenvalue weighted by Crippen LogP contribution is -2.56. The van der Waals surface area contributed by atoms with Gasteiger partial charge >= 0.3 is 0 Å². The van der Waals surface area contributed by atoms with E-state index < -0.39 is 17.8 Å². The van der Waals surface area contributed by atoms with Crippen LogP contribution in [0, 0.1) is 24.6 Å². The summed E-state index contributed by atoms with van der Waals surface area (Å²) < 4.78 is 14.8. The lowest BCUT2D eigenvalue weighted by atomic mass is 9.67. The molecule has 1 amide bonds. The molecule has 0 aliphatic carbocycles. The second-order valence-electron chi connectivity index (χ2n) is 9.76. The Morgan fingerprint density at radius 1 is 0.944 bits per heavy atom. The zero-order chi connectivity index (χ0) is 25.4. The molecule has 2 aliphatic heterocycles. The van der Waals surface area contributed by atoms with E-state index in [2.05, 4.69) is 5.32 Å². The van der Waals surface area contributed by atoms with Gasteiger partial charge in [-0.05, 0) is 47.9 Å². The maximum atomic E-state index is 14.8. The number of ketones is 1. The third-order valence-electron chi connectivity index (χ3n) is 7.62. The number of piperidine rings is 1. The van der Waals surface area contributed by atoms with Crippen molar-refractivity contribution < 1.29 is 24.2 Å². The van der Waals surface area contributed by atoms with Gasteiger partial charge in [0.05, 0.1) is 5.92 Å². The highest BCUT2D eigenvalue weighted by atomic mass is 19.1. The van der Waals surface area contributed by atoms with Crippen molar-refractivity contribution in [2.24, 2.45) is 11.8 Å². The van der Waals surface area contributed by atoms with E-state index in [-0.39, 0.29) is 41.5 Å². The van der Waals surface area contributed by atoms with E-state index in [0.717, 1.165) is 0 Å². The first-order valence-corrected chi connectivity index (χ1v) is 12.2. The zero-order valence-corrected chi connectivity index (χ0v) is 20.0. The van der Waals surface area contributed by atoms with Crippen LogP contribution in [0.2, 0.25) is 0 Å². The molecule has 186 valence electrons. The van der Waals surface area contributed by atoms with Crippen LogP contribution in [0.25, 0.3) is 0 Å². The van der Waals surface area contributed by atoms with Crippen LogP contribution in [0.1, 0.15) is 38.9 Å². The predicted octanol–water partition coefficient (Wildman–Crippen LogP) is 3.97. The molecule has 3 aromatic carbocycles. The fraction of sp³-hybridized carbons (Fsp3) is 0.310. The van der Waals surface area contributed by atoms with Crippen LogP contribution >= 0.6 is 0 Å². The standard InChI is InChI=1S/C29H29FN2O4/c1-17-21(9-5-10-25(17)30)27-23(22-8-2-3-11-26(22)34)15-32(29(36)19-13-31-14-19)16-24(27)28(35)18-6-4-7-20(33)12-18/h2-12,19,23-24,27,31,33-34H,13-16H2,1H3/t23-,24+,27-/m1/s1. The summed E-state index contributed by atoms with van der Waals surface area (Å²) in [6.45, 7) is 3.36. The van der Waals surface area contributed by atoms with Gasteiger partial charge in [-0.1, -0.05) is 42.5 Å². The molecule has 0 radical (unpaired) electrons. The molecule has 5 rings (SSSR count). The molecule has 36 heavy (non-hydrogen) atoms. The molecule has 3 aromatic rings. The van der Waals surface area contributed by atoms with Gasteiger partial charge in [0.2, 0.25) is 5.91 Å². The van der Waals surface area contributed by atoms with E-state index in [1.165, 1.54) is 18.2 Å². The van der Waals surface area contributed by atoms with E-state index in [1.54, 1.807) is 48.2 Å². The van der Waals surface area contributed by atoms with Crippen LogP contribution in [-0.2, 0) is 4.79 Å². The molecule has 0 aromatic heterocycles. The number of Topliss-reactive ketones (excluding diaryl/α,β-unsaturated/α-hetero) is 1. The van der Waals surface area contributed by atoms with E-state index in [0.29, 0.717) is 41.9 Å². The minimum atomic E-state index is -0.706. The van der Waals surface area contributed by atoms with Gasteiger partial charge in [-0.3, -0.25) is 9.59 Å². The Morgan fingerprint density at radius 2 is 1.67 bits per heavy atom. The van der Waals surface area contributed by atoms with Crippen molar-refractivity contribution >= 4 is 11.7 Å². The third-order valence-corrected chi connectivity index (χ3v) is 7.62. The van der Waals surface area contributed by atoms with E-state index >= 15 is 0 Å². The largest absolute Gasteiger partial charge is 0.508 e. The van der Waals surface area contributed by atoms with Crippen molar-refractivity contribution in [1.82, 2.24) is 10.2 Å². The number of nitrogens with one attached hydrogen (secondary N) is 1. The van der Waals surface area contributed by atoms with Gasteiger partial charge < -0.3 is 20.4 Å². The summed E-state index contributed by atoms with van der Waals surface area (Å²) in [6.07, 6.45) is 0. The summed E-state index contributed by atoms with van der Waals surface area (Å²) in [5.41, 5.74) is 2.07. The predicted molar refractivity (Wildman–Crippen MR) is 134 cm³/mol. The first-order valence-electron chi connectivity index (χ1n) is 12.2. The number of carbonyl (C=O) groups excluding carboxylic acids is 2. The van der Waals surface area contributed by atoms with E-state index in [4.69, 9.17) is 0 Å². The molecule has 2 heterocycles. The zero-order valence-electron chi connectivity index (χ0n) is 20.0. The molecule has 2 aliphatic rings. The summed E-state index contributed by atoms with van der Waals surface area (Å²) in [5.74, 6) is -2.38. The maximum Gasteiger partial charge on any atom is 0.228 e. The molecule has 3 N–H and O–H groups in total. The molecule has 0 spiro atoms. The summed E-state index contributed by atoms with van der Waals surface area (Å²) in [6, 6.07) is 17.9. The number of rotatable bonds is 5. The van der Waals surface area contributed by atoms with Crippen molar-refractivity contribution in [2.75, 3.05) is 26.2 Å². The molecular formula is C29H29FN2O4. The number of benzene rings is 3. The van der Waals surface area contributed by atoms with Gasteiger partial charge in [-0.15, -0.1) is 0 Å². The van der Waals surface area contributed by atoms with Crippen molar-refractivity contribution in [3.63, 3.8) is 0 Å². The highest BCUT2D eigenvalue weighted by molar-refractivity contribution is 5.99. The Balaban J connectivity index is 1.67. The first-order chi connectivity index (χ1) is 17.3. The first kappa shape index (κ1) is 24.0. The Kier molecular flexibility index (Phi) is 6.49. The van der Waals surface area contributed by atoms with Gasteiger partial charge in [-0.2, -0.15) is 0 Å². The van der Waals surface area contributed by atoms with Gasteiger partial charge in [0.25, 0.3) is 0 Å². The number of phenolic OH excluding ortho intramolecular Hbond substituents is 2. The van der Waals surface area contributed by atoms with Crippen LogP contribution in [-0.4, -0.2) is 53.0 Å². The molecule has 7 heteroatoms. The average molecular weight is 489 g/mol. The fourth-order valence-electron chi connectivity index (χ4n) is 5.59. The normalized spacial score (nSPS) is 22.2. The maximum absolute atomic E-state index is 14.8. The molecular weight excluding hydrogens is 459 g/mol. The van der Waals surface area contributed by atoms with Crippen molar-refractivity contribution in [1.29, 1.82) is 0 Å². The summed E-state index contributed by atoms with van der Waals surface area (Å²) in [5, 5.41) is 24.0. The van der Waals surface area contributed by atoms with Crippen LogP contribution < -0.4 is 5.32 Å². The Hall–Kier alpha value is -3.71. The number of carbonyl (C=O) groups is 2. The van der Waals surface area contributed by atoms with Crippen LogP contribution in [0.3, 0.4) is 0 Å². The van der Waals surface area contributed by atoms with Crippen LogP contribution in [0.4, 0.5) is 4.39 Å². The number of phenols is 2. The lowest BCUT2D eigenvalue weighted by molar-refractivity contribution is -0.139. The van der Waals surface area contributed by atoms with Crippen LogP contribution in [0.5, 0.6) is 11.5 Å². The summed E-state index contributed by atoms with van der Waals surface area (Å²) >= 11 is 0. The van der Waals surface area contributed by atoms with Gasteiger partial charge in [0.1, 0.15) is 17.3 Å². The van der Waals surface area contributed by atoms with Gasteiger partial charge in [0, 0.05) is 49.5 Å². The smallest absolute Gasteiger partial charge is 0.228 e. The Bertz CT molecular complexity index is 1310. The number of nitrogens with zero attached hydrogens (tertiary/aromatic N) is 1. The highest BCUT2D eigenvalue weighted by Gasteiger charge is 2.46. The van der Waals surface area contributed by atoms with Gasteiger partial charge in [-0.25, -0.2) is 4.39 Å². The minimum Gasteiger partial charge on any atom is -0.508 e. The molecule has 0 bridgehead atoms. The Labute approximate surface area is 209 Å². The highest BCUT2D eigenvalue weighted by Crippen LogP contribution is 2.47. The van der Waals surface area contributed by atoms with Gasteiger partial charge in [0.15, 0.2) is 5.78 Å². The van der Waals surface area contributed by atoms with Crippen molar-refractivity contribution in [3.8, 4) is 11.5 Å². The number of amides is 1. The number of aromatic hydroxyl groups is 2. The topological polar surface area (TPSA) is 89.9 Å². The molecule has 0 saturated carbocycles. The van der Waals surface area contributed by atoms with E-state index in [1.807, 2.05) is 12.1 Å². The SMILES string of the molecule is Cc1c(F)cccc1[C@H]1[C@@H](C(=O)c2cccc(O)c2)CN(C(=O)C2CNC2)C[C@@H]1c1ccccc1O. The number of hydrogen-bond donors (Lipinski definition) is 3. The molecule has 2 saturated heterocycles. The molecule has 3 atom stereocenters. The number of hydrogen-bond acceptors (Lipinski definition) is 5. The number of likely N-dealkylation sites (tertiary alicyclic amines) is 1. The lowest BCUT2D eigenvalue weighted by Gasteiger charge is -2.46. The van der Waals surface area contributed by atoms with Crippen molar-refractivity contribution in [2.45, 2.75) is 18.8 Å². The monoisotopic (exact) mass is 488 g/mol. The second-order valence-corrected chi connectivity index (χ2v) is 9.76. The summed E-state index contributed by atoms with van der Waals surface area (Å²) in [4.78, 5) is 29.1. The number of para-hydroxylation sites is 1. The Morgan fingerprint density at radius 3 is 2.36 bits per heavy atom. The fourth-order valence-corrected chi connectivity index (χ4v) is 5.59. The molecule has 6 nitrogen and oxygen atoms in total. The third kappa shape index (κ3) is 4.35. The molecule has 2 fully saturated rings. The average Bonchev–Trinajstić information content (AvgIpc) is 2.84.